The zero-order chi connectivity index (χ0) is 15.4. The zero-order valence-electron chi connectivity index (χ0n) is 12.2. The molecule has 5 heteroatoms. The SMILES string of the molecule is O=C(C[C@@H]1C=CCC1)NCc1ccn(-c2ccc(F)cc2)n1. The van der Waals surface area contributed by atoms with Crippen molar-refractivity contribution in [3.05, 3.63) is 60.2 Å². The monoisotopic (exact) mass is 299 g/mol. The van der Waals surface area contributed by atoms with E-state index in [1.54, 1.807) is 23.0 Å². The summed E-state index contributed by atoms with van der Waals surface area (Å²) >= 11 is 0. The molecule has 114 valence electrons. The fraction of sp³-hybridized carbons (Fsp3) is 0.294. The van der Waals surface area contributed by atoms with Crippen molar-refractivity contribution in [2.24, 2.45) is 5.92 Å². The van der Waals surface area contributed by atoms with Gasteiger partial charge in [0.05, 0.1) is 17.9 Å². The molecular weight excluding hydrogens is 281 g/mol. The first kappa shape index (κ1) is 14.5. The van der Waals surface area contributed by atoms with E-state index in [2.05, 4.69) is 22.6 Å². The molecule has 1 N–H and O–H groups in total. The summed E-state index contributed by atoms with van der Waals surface area (Å²) in [6.07, 6.45) is 8.71. The van der Waals surface area contributed by atoms with Crippen LogP contribution in [0.25, 0.3) is 5.69 Å². The summed E-state index contributed by atoms with van der Waals surface area (Å²) in [6, 6.07) is 7.97. The normalized spacial score (nSPS) is 16.9. The second-order valence-electron chi connectivity index (χ2n) is 5.47. The van der Waals surface area contributed by atoms with Crippen LogP contribution in [0.2, 0.25) is 0 Å². The van der Waals surface area contributed by atoms with Crippen molar-refractivity contribution in [2.75, 3.05) is 0 Å². The van der Waals surface area contributed by atoms with Gasteiger partial charge < -0.3 is 5.32 Å². The molecule has 0 aliphatic heterocycles. The molecule has 1 amide bonds. The van der Waals surface area contributed by atoms with Gasteiger partial charge in [0, 0.05) is 12.6 Å². The van der Waals surface area contributed by atoms with E-state index < -0.39 is 0 Å². The average Bonchev–Trinajstić information content (AvgIpc) is 3.17. The molecule has 0 fully saturated rings. The lowest BCUT2D eigenvalue weighted by Gasteiger charge is -2.07. The molecule has 0 spiro atoms. The summed E-state index contributed by atoms with van der Waals surface area (Å²) < 4.78 is 14.6. The lowest BCUT2D eigenvalue weighted by Crippen LogP contribution is -2.24. The topological polar surface area (TPSA) is 46.9 Å². The predicted molar refractivity (Wildman–Crippen MR) is 81.8 cm³/mol. The van der Waals surface area contributed by atoms with Crippen LogP contribution < -0.4 is 5.32 Å². The minimum Gasteiger partial charge on any atom is -0.350 e. The van der Waals surface area contributed by atoms with E-state index in [0.29, 0.717) is 18.9 Å². The van der Waals surface area contributed by atoms with E-state index >= 15 is 0 Å². The summed E-state index contributed by atoms with van der Waals surface area (Å²) in [7, 11) is 0. The van der Waals surface area contributed by atoms with Crippen LogP contribution in [0.15, 0.2) is 48.7 Å². The molecule has 0 bridgehead atoms. The lowest BCUT2D eigenvalue weighted by molar-refractivity contribution is -0.121. The van der Waals surface area contributed by atoms with Gasteiger partial charge in [0.2, 0.25) is 5.91 Å². The molecule has 1 aliphatic carbocycles. The highest BCUT2D eigenvalue weighted by Crippen LogP contribution is 2.20. The van der Waals surface area contributed by atoms with Crippen molar-refractivity contribution in [2.45, 2.75) is 25.8 Å². The van der Waals surface area contributed by atoms with Gasteiger partial charge in [0.1, 0.15) is 5.82 Å². The number of hydrogen-bond acceptors (Lipinski definition) is 2. The van der Waals surface area contributed by atoms with Gasteiger partial charge in [-0.05, 0) is 49.1 Å². The van der Waals surface area contributed by atoms with Crippen LogP contribution >= 0.6 is 0 Å². The Labute approximate surface area is 128 Å². The van der Waals surface area contributed by atoms with Gasteiger partial charge in [-0.1, -0.05) is 12.2 Å². The first-order chi connectivity index (χ1) is 10.7. The predicted octanol–water partition coefficient (Wildman–Crippen LogP) is 2.98. The molecule has 2 aromatic rings. The third-order valence-electron chi connectivity index (χ3n) is 3.76. The lowest BCUT2D eigenvalue weighted by atomic mass is 10.1. The molecule has 1 atom stereocenters. The maximum atomic E-state index is 12.9. The maximum Gasteiger partial charge on any atom is 0.220 e. The van der Waals surface area contributed by atoms with Gasteiger partial charge in [-0.25, -0.2) is 9.07 Å². The number of carbonyl (C=O) groups is 1. The van der Waals surface area contributed by atoms with Crippen LogP contribution in [0.1, 0.15) is 25.0 Å². The molecule has 4 nitrogen and oxygen atoms in total. The first-order valence-electron chi connectivity index (χ1n) is 7.44. The van der Waals surface area contributed by atoms with Gasteiger partial charge in [-0.2, -0.15) is 5.10 Å². The Morgan fingerprint density at radius 3 is 2.86 bits per heavy atom. The number of rotatable bonds is 5. The van der Waals surface area contributed by atoms with Crippen LogP contribution in [0, 0.1) is 11.7 Å². The van der Waals surface area contributed by atoms with Crippen molar-refractivity contribution in [1.29, 1.82) is 0 Å². The summed E-state index contributed by atoms with van der Waals surface area (Å²) in [4.78, 5) is 11.9. The number of amides is 1. The quantitative estimate of drug-likeness (QED) is 0.863. The van der Waals surface area contributed by atoms with E-state index in [1.807, 2.05) is 6.07 Å². The molecule has 1 heterocycles. The number of halogens is 1. The highest BCUT2D eigenvalue weighted by atomic mass is 19.1. The number of allylic oxidation sites excluding steroid dienone is 2. The van der Waals surface area contributed by atoms with Crippen molar-refractivity contribution >= 4 is 5.91 Å². The second-order valence-corrected chi connectivity index (χ2v) is 5.47. The highest BCUT2D eigenvalue weighted by molar-refractivity contribution is 5.76. The van der Waals surface area contributed by atoms with E-state index in [-0.39, 0.29) is 11.7 Å². The standard InChI is InChI=1S/C17H18FN3O/c18-14-5-7-16(8-6-14)21-10-9-15(20-21)12-19-17(22)11-13-3-1-2-4-13/h1,3,5-10,13H,2,4,11-12H2,(H,19,22)/t13-/m1/s1. The Morgan fingerprint density at radius 2 is 2.14 bits per heavy atom. The fourth-order valence-corrected chi connectivity index (χ4v) is 2.56. The average molecular weight is 299 g/mol. The van der Waals surface area contributed by atoms with E-state index in [4.69, 9.17) is 0 Å². The Morgan fingerprint density at radius 1 is 1.32 bits per heavy atom. The zero-order valence-corrected chi connectivity index (χ0v) is 12.2. The third kappa shape index (κ3) is 3.61. The van der Waals surface area contributed by atoms with E-state index in [0.717, 1.165) is 24.2 Å². The molecule has 0 radical (unpaired) electrons. The summed E-state index contributed by atoms with van der Waals surface area (Å²) in [5.41, 5.74) is 1.56. The van der Waals surface area contributed by atoms with E-state index in [9.17, 15) is 9.18 Å². The molecule has 0 unspecified atom stereocenters. The Balaban J connectivity index is 1.54. The molecule has 22 heavy (non-hydrogen) atoms. The number of carbonyl (C=O) groups excluding carboxylic acids is 1. The molecule has 1 aromatic carbocycles. The number of benzene rings is 1. The number of hydrogen-bond donors (Lipinski definition) is 1. The largest absolute Gasteiger partial charge is 0.350 e. The molecule has 0 saturated carbocycles. The Hall–Kier alpha value is -2.43. The smallest absolute Gasteiger partial charge is 0.220 e. The Kier molecular flexibility index (Phi) is 4.32. The molecule has 1 aliphatic rings. The van der Waals surface area contributed by atoms with Crippen LogP contribution in [0.4, 0.5) is 4.39 Å². The first-order valence-corrected chi connectivity index (χ1v) is 7.44. The molecule has 0 saturated heterocycles. The maximum absolute atomic E-state index is 12.9. The van der Waals surface area contributed by atoms with Gasteiger partial charge in [-0.3, -0.25) is 4.79 Å². The third-order valence-corrected chi connectivity index (χ3v) is 3.76. The van der Waals surface area contributed by atoms with Gasteiger partial charge in [0.15, 0.2) is 0 Å². The molecular formula is C17H18FN3O. The van der Waals surface area contributed by atoms with Gasteiger partial charge >= 0.3 is 0 Å². The van der Waals surface area contributed by atoms with Crippen LogP contribution in [-0.2, 0) is 11.3 Å². The number of aromatic nitrogens is 2. The van der Waals surface area contributed by atoms with Crippen molar-refractivity contribution in [3.63, 3.8) is 0 Å². The fourth-order valence-electron chi connectivity index (χ4n) is 2.56. The summed E-state index contributed by atoms with van der Waals surface area (Å²) in [6.45, 7) is 0.406. The highest BCUT2D eigenvalue weighted by Gasteiger charge is 2.13. The summed E-state index contributed by atoms with van der Waals surface area (Å²) in [5, 5.41) is 7.27. The minimum atomic E-state index is -0.274. The van der Waals surface area contributed by atoms with Crippen LogP contribution in [0.5, 0.6) is 0 Å². The molecule has 1 aromatic heterocycles. The van der Waals surface area contributed by atoms with Crippen LogP contribution in [-0.4, -0.2) is 15.7 Å². The van der Waals surface area contributed by atoms with Crippen LogP contribution in [0.3, 0.4) is 0 Å². The minimum absolute atomic E-state index is 0.0490. The van der Waals surface area contributed by atoms with E-state index in [1.165, 1.54) is 12.1 Å². The van der Waals surface area contributed by atoms with Gasteiger partial charge in [0.25, 0.3) is 0 Å². The Bertz CT molecular complexity index is 675. The summed E-state index contributed by atoms with van der Waals surface area (Å²) in [5.74, 6) is 0.147. The van der Waals surface area contributed by atoms with Crippen molar-refractivity contribution < 1.29 is 9.18 Å². The second kappa shape index (κ2) is 6.56. The molecule has 3 rings (SSSR count). The number of nitrogens with zero attached hydrogens (tertiary/aromatic N) is 2. The number of nitrogens with one attached hydrogen (secondary N) is 1. The van der Waals surface area contributed by atoms with Gasteiger partial charge in [-0.15, -0.1) is 0 Å². The van der Waals surface area contributed by atoms with Crippen molar-refractivity contribution in [3.8, 4) is 5.69 Å². The van der Waals surface area contributed by atoms with Crippen molar-refractivity contribution in [1.82, 2.24) is 15.1 Å².